The molecule has 1 aromatic carbocycles. The predicted octanol–water partition coefficient (Wildman–Crippen LogP) is 4.37. The van der Waals surface area contributed by atoms with Gasteiger partial charge >= 0.3 is 0 Å². The lowest BCUT2D eigenvalue weighted by atomic mass is 9.97. The third kappa shape index (κ3) is 4.88. The average Bonchev–Trinajstić information content (AvgIpc) is 3.35. The molecule has 1 aliphatic rings. The summed E-state index contributed by atoms with van der Waals surface area (Å²) in [5, 5.41) is 8.91. The number of rotatable bonds is 7. The molecule has 0 aliphatic carbocycles. The van der Waals surface area contributed by atoms with E-state index in [9.17, 15) is 4.79 Å². The summed E-state index contributed by atoms with van der Waals surface area (Å²) in [5.74, 6) is -0.0817. The van der Waals surface area contributed by atoms with Gasteiger partial charge in [0.2, 0.25) is 0 Å². The summed E-state index contributed by atoms with van der Waals surface area (Å²) in [4.78, 5) is 24.6. The summed E-state index contributed by atoms with van der Waals surface area (Å²) in [7, 11) is 0. The number of hydrogen-bond donors (Lipinski definition) is 1. The van der Waals surface area contributed by atoms with E-state index < -0.39 is 0 Å². The van der Waals surface area contributed by atoms with E-state index in [4.69, 9.17) is 14.8 Å². The number of carbonyl (C=O) groups excluding carboxylic acids is 1. The van der Waals surface area contributed by atoms with E-state index in [1.54, 1.807) is 6.20 Å². The first kappa shape index (κ1) is 24.2. The second-order valence-electron chi connectivity index (χ2n) is 9.57. The van der Waals surface area contributed by atoms with Crippen molar-refractivity contribution in [3.63, 3.8) is 0 Å². The van der Waals surface area contributed by atoms with Crippen LogP contribution in [0.3, 0.4) is 0 Å². The molecular formula is C30H30N6O2. The minimum Gasteiger partial charge on any atom is -0.379 e. The zero-order valence-electron chi connectivity index (χ0n) is 21.4. The van der Waals surface area contributed by atoms with Gasteiger partial charge in [0.25, 0.3) is 5.91 Å². The van der Waals surface area contributed by atoms with Gasteiger partial charge in [-0.3, -0.25) is 19.7 Å². The molecule has 0 spiro atoms. The molecule has 192 valence electrons. The van der Waals surface area contributed by atoms with Crippen molar-refractivity contribution in [3.8, 4) is 22.5 Å². The number of amides is 1. The number of carbonyl (C=O) groups is 1. The molecule has 6 rings (SSSR count). The van der Waals surface area contributed by atoms with Crippen molar-refractivity contribution >= 4 is 22.3 Å². The Kier molecular flexibility index (Phi) is 6.81. The van der Waals surface area contributed by atoms with E-state index in [-0.39, 0.29) is 5.91 Å². The van der Waals surface area contributed by atoms with E-state index in [2.05, 4.69) is 21.3 Å². The van der Waals surface area contributed by atoms with Crippen LogP contribution in [0.1, 0.15) is 22.5 Å². The van der Waals surface area contributed by atoms with Gasteiger partial charge in [0, 0.05) is 54.2 Å². The van der Waals surface area contributed by atoms with Gasteiger partial charge in [0.1, 0.15) is 5.69 Å². The van der Waals surface area contributed by atoms with E-state index in [0.29, 0.717) is 12.1 Å². The lowest BCUT2D eigenvalue weighted by Crippen LogP contribution is -2.38. The molecule has 1 amide bonds. The van der Waals surface area contributed by atoms with Gasteiger partial charge in [-0.1, -0.05) is 18.2 Å². The van der Waals surface area contributed by atoms with E-state index >= 15 is 0 Å². The molecule has 8 nitrogen and oxygen atoms in total. The molecule has 1 N–H and O–H groups in total. The first-order chi connectivity index (χ1) is 18.7. The van der Waals surface area contributed by atoms with Crippen LogP contribution in [0.15, 0.2) is 73.1 Å². The van der Waals surface area contributed by atoms with Crippen LogP contribution in [-0.4, -0.2) is 69.8 Å². The summed E-state index contributed by atoms with van der Waals surface area (Å²) < 4.78 is 7.29. The fourth-order valence-corrected chi connectivity index (χ4v) is 5.06. The van der Waals surface area contributed by atoms with Crippen LogP contribution >= 0.6 is 0 Å². The maximum atomic E-state index is 12.9. The summed E-state index contributed by atoms with van der Waals surface area (Å²) in [6.45, 7) is 7.08. The number of hydrogen-bond acceptors (Lipinski definition) is 6. The minimum absolute atomic E-state index is 0.0817. The molecule has 0 radical (unpaired) electrons. The molecule has 1 fully saturated rings. The van der Waals surface area contributed by atoms with Crippen LogP contribution in [-0.2, 0) is 4.74 Å². The number of fused-ring (bicyclic) bond motifs is 2. The fraction of sp³-hybridized carbons (Fsp3) is 0.267. The Morgan fingerprint density at radius 1 is 1.05 bits per heavy atom. The molecule has 0 unspecified atom stereocenters. The van der Waals surface area contributed by atoms with Gasteiger partial charge < -0.3 is 10.1 Å². The second-order valence-corrected chi connectivity index (χ2v) is 9.57. The fourth-order valence-electron chi connectivity index (χ4n) is 5.06. The second kappa shape index (κ2) is 10.7. The first-order valence-corrected chi connectivity index (χ1v) is 13.1. The quantitative estimate of drug-likeness (QED) is 0.330. The summed E-state index contributed by atoms with van der Waals surface area (Å²) in [6.07, 6.45) is 4.65. The van der Waals surface area contributed by atoms with Gasteiger partial charge in [-0.05, 0) is 67.9 Å². The SMILES string of the molecule is Cc1cccc(-c2nn3ccccc3c2-c2ccnc3cc(C(=O)NCCCN4CCOCC4)ccc23)n1. The van der Waals surface area contributed by atoms with Crippen molar-refractivity contribution in [1.29, 1.82) is 0 Å². The minimum atomic E-state index is -0.0817. The van der Waals surface area contributed by atoms with Gasteiger partial charge in [-0.15, -0.1) is 0 Å². The number of morpholine rings is 1. The molecule has 0 saturated carbocycles. The number of aryl methyl sites for hydroxylation is 1. The van der Waals surface area contributed by atoms with E-state index in [1.165, 1.54) is 0 Å². The number of ether oxygens (including phenoxy) is 1. The van der Waals surface area contributed by atoms with Crippen LogP contribution in [0.25, 0.3) is 38.9 Å². The monoisotopic (exact) mass is 506 g/mol. The van der Waals surface area contributed by atoms with Crippen molar-refractivity contribution in [2.24, 2.45) is 0 Å². The normalized spacial score (nSPS) is 14.2. The Bertz CT molecular complexity index is 1610. The number of pyridine rings is 3. The van der Waals surface area contributed by atoms with Crippen LogP contribution in [0.2, 0.25) is 0 Å². The third-order valence-electron chi connectivity index (χ3n) is 6.99. The molecule has 38 heavy (non-hydrogen) atoms. The summed E-state index contributed by atoms with van der Waals surface area (Å²) in [5.41, 5.74) is 6.93. The van der Waals surface area contributed by atoms with Crippen LogP contribution in [0, 0.1) is 6.92 Å². The van der Waals surface area contributed by atoms with E-state index in [1.807, 2.05) is 72.2 Å². The largest absolute Gasteiger partial charge is 0.379 e. The van der Waals surface area contributed by atoms with Crippen molar-refractivity contribution < 1.29 is 9.53 Å². The zero-order valence-corrected chi connectivity index (χ0v) is 21.4. The summed E-state index contributed by atoms with van der Waals surface area (Å²) in [6, 6.07) is 19.8. The number of aromatic nitrogens is 4. The molecule has 0 bridgehead atoms. The highest BCUT2D eigenvalue weighted by atomic mass is 16.5. The Morgan fingerprint density at radius 3 is 2.82 bits per heavy atom. The number of nitrogens with zero attached hydrogens (tertiary/aromatic N) is 5. The standard InChI is InChI=1S/C30H30N6O2/c1-21-6-4-7-25(33-21)29-28(27-8-2-3-15-36(27)34-29)24-11-13-31-26-20-22(9-10-23(24)26)30(37)32-12-5-14-35-16-18-38-19-17-35/h2-4,6-11,13,15,20H,5,12,14,16-19H2,1H3,(H,32,37). The third-order valence-corrected chi connectivity index (χ3v) is 6.99. The van der Waals surface area contributed by atoms with Crippen LogP contribution < -0.4 is 5.32 Å². The maximum absolute atomic E-state index is 12.9. The average molecular weight is 507 g/mol. The highest BCUT2D eigenvalue weighted by Gasteiger charge is 2.20. The summed E-state index contributed by atoms with van der Waals surface area (Å²) >= 11 is 0. The first-order valence-electron chi connectivity index (χ1n) is 13.1. The lowest BCUT2D eigenvalue weighted by molar-refractivity contribution is 0.0374. The van der Waals surface area contributed by atoms with Gasteiger partial charge in [0.05, 0.1) is 29.9 Å². The zero-order chi connectivity index (χ0) is 25.9. The maximum Gasteiger partial charge on any atom is 0.251 e. The molecular weight excluding hydrogens is 476 g/mol. The lowest BCUT2D eigenvalue weighted by Gasteiger charge is -2.26. The Labute approximate surface area is 221 Å². The molecule has 5 heterocycles. The highest BCUT2D eigenvalue weighted by molar-refractivity contribution is 6.05. The molecule has 4 aromatic heterocycles. The smallest absolute Gasteiger partial charge is 0.251 e. The van der Waals surface area contributed by atoms with Gasteiger partial charge in [0.15, 0.2) is 0 Å². The molecule has 5 aromatic rings. The van der Waals surface area contributed by atoms with E-state index in [0.717, 1.165) is 83.9 Å². The molecule has 0 atom stereocenters. The number of nitrogens with one attached hydrogen (secondary N) is 1. The predicted molar refractivity (Wildman–Crippen MR) is 148 cm³/mol. The van der Waals surface area contributed by atoms with Gasteiger partial charge in [-0.25, -0.2) is 4.52 Å². The van der Waals surface area contributed by atoms with Crippen molar-refractivity contribution in [2.45, 2.75) is 13.3 Å². The molecule has 1 aliphatic heterocycles. The van der Waals surface area contributed by atoms with Crippen LogP contribution in [0.5, 0.6) is 0 Å². The van der Waals surface area contributed by atoms with Crippen molar-refractivity contribution in [3.05, 3.63) is 84.3 Å². The Morgan fingerprint density at radius 2 is 1.95 bits per heavy atom. The molecule has 1 saturated heterocycles. The Balaban J connectivity index is 1.30. The van der Waals surface area contributed by atoms with Crippen molar-refractivity contribution in [2.75, 3.05) is 39.4 Å². The number of benzene rings is 1. The van der Waals surface area contributed by atoms with Gasteiger partial charge in [-0.2, -0.15) is 5.10 Å². The topological polar surface area (TPSA) is 84.7 Å². The van der Waals surface area contributed by atoms with Crippen LogP contribution in [0.4, 0.5) is 0 Å². The highest BCUT2D eigenvalue weighted by Crippen LogP contribution is 2.38. The van der Waals surface area contributed by atoms with Crippen molar-refractivity contribution in [1.82, 2.24) is 29.8 Å². The Hall–Kier alpha value is -4.14. The molecule has 8 heteroatoms.